The molecule has 20 heavy (non-hydrogen) atoms. The third kappa shape index (κ3) is 2.80. The molecule has 0 saturated carbocycles. The second kappa shape index (κ2) is 5.92. The van der Waals surface area contributed by atoms with E-state index >= 15 is 0 Å². The monoisotopic (exact) mass is 271 g/mol. The highest BCUT2D eigenvalue weighted by Crippen LogP contribution is 2.16. The Morgan fingerprint density at radius 3 is 2.75 bits per heavy atom. The van der Waals surface area contributed by atoms with E-state index in [0.29, 0.717) is 16.6 Å². The number of carboxylic acids is 1. The maximum atomic E-state index is 12.4. The molecule has 6 nitrogen and oxygen atoms in total. The zero-order valence-corrected chi connectivity index (χ0v) is 10.7. The van der Waals surface area contributed by atoms with Gasteiger partial charge in [-0.05, 0) is 12.1 Å². The number of aromatic nitrogens is 2. The van der Waals surface area contributed by atoms with E-state index in [4.69, 9.17) is 5.11 Å². The van der Waals surface area contributed by atoms with Gasteiger partial charge in [0.25, 0.3) is 5.91 Å². The van der Waals surface area contributed by atoms with E-state index in [-0.39, 0.29) is 13.1 Å². The molecule has 1 aromatic carbocycles. The third-order valence-electron chi connectivity index (χ3n) is 2.69. The van der Waals surface area contributed by atoms with Crippen LogP contribution in [-0.4, -0.2) is 44.9 Å². The Labute approximate surface area is 115 Å². The molecule has 0 bridgehead atoms. The molecule has 0 saturated heterocycles. The second-order valence-electron chi connectivity index (χ2n) is 4.10. The predicted octanol–water partition coefficient (Wildman–Crippen LogP) is 1.34. The summed E-state index contributed by atoms with van der Waals surface area (Å²) in [6.07, 6.45) is 4.52. The van der Waals surface area contributed by atoms with Gasteiger partial charge in [0.1, 0.15) is 12.1 Å². The number of carboxylic acid groups (broad SMARTS) is 1. The summed E-state index contributed by atoms with van der Waals surface area (Å²) in [4.78, 5) is 32.7. The molecular formula is C14H13N3O3. The van der Waals surface area contributed by atoms with Crippen LogP contribution in [0.3, 0.4) is 0 Å². The first kappa shape index (κ1) is 13.7. The van der Waals surface area contributed by atoms with Crippen LogP contribution in [0.2, 0.25) is 0 Å². The summed E-state index contributed by atoms with van der Waals surface area (Å²) in [5, 5.41) is 8.86. The number of amides is 1. The quantitative estimate of drug-likeness (QED) is 0.830. The number of nitrogens with zero attached hydrogens (tertiary/aromatic N) is 3. The summed E-state index contributed by atoms with van der Waals surface area (Å²) in [5.41, 5.74) is 1.38. The molecule has 6 heteroatoms. The van der Waals surface area contributed by atoms with Crippen molar-refractivity contribution in [3.05, 3.63) is 48.8 Å². The van der Waals surface area contributed by atoms with Gasteiger partial charge in [-0.25, -0.2) is 0 Å². The number of benzene rings is 1. The van der Waals surface area contributed by atoms with Crippen LogP contribution in [0.15, 0.2) is 43.2 Å². The van der Waals surface area contributed by atoms with E-state index < -0.39 is 11.9 Å². The summed E-state index contributed by atoms with van der Waals surface area (Å²) in [6.45, 7) is 3.30. The standard InChI is InChI=1S/C14H13N3O3/c1-2-8-17(9-12(18)19)14(20)10-4-3-5-11-13(10)16-7-6-15-11/h2-7H,1,8-9H2,(H,18,19). The van der Waals surface area contributed by atoms with Crippen LogP contribution in [0.25, 0.3) is 11.0 Å². The highest BCUT2D eigenvalue weighted by atomic mass is 16.4. The zero-order valence-electron chi connectivity index (χ0n) is 10.7. The lowest BCUT2D eigenvalue weighted by atomic mass is 10.1. The molecule has 0 fully saturated rings. The minimum Gasteiger partial charge on any atom is -0.480 e. The summed E-state index contributed by atoms with van der Waals surface area (Å²) >= 11 is 0. The molecule has 1 amide bonds. The Bertz CT molecular complexity index is 664. The summed E-state index contributed by atoms with van der Waals surface area (Å²) < 4.78 is 0. The van der Waals surface area contributed by atoms with Gasteiger partial charge >= 0.3 is 5.97 Å². The van der Waals surface area contributed by atoms with Gasteiger partial charge in [0.05, 0.1) is 11.1 Å². The summed E-state index contributed by atoms with van der Waals surface area (Å²) in [7, 11) is 0. The molecule has 2 rings (SSSR count). The second-order valence-corrected chi connectivity index (χ2v) is 4.10. The van der Waals surface area contributed by atoms with Crippen LogP contribution in [0, 0.1) is 0 Å². The number of fused-ring (bicyclic) bond motifs is 1. The number of hydrogen-bond donors (Lipinski definition) is 1. The van der Waals surface area contributed by atoms with Crippen molar-refractivity contribution in [2.24, 2.45) is 0 Å². The normalized spacial score (nSPS) is 10.2. The minimum atomic E-state index is -1.08. The van der Waals surface area contributed by atoms with Crippen molar-refractivity contribution in [2.75, 3.05) is 13.1 Å². The molecule has 0 atom stereocenters. The zero-order chi connectivity index (χ0) is 14.5. The van der Waals surface area contributed by atoms with Gasteiger partial charge in [-0.2, -0.15) is 0 Å². The van der Waals surface area contributed by atoms with Gasteiger partial charge in [0.2, 0.25) is 0 Å². The molecule has 102 valence electrons. The van der Waals surface area contributed by atoms with E-state index in [1.54, 1.807) is 18.2 Å². The largest absolute Gasteiger partial charge is 0.480 e. The minimum absolute atomic E-state index is 0.155. The number of hydrogen-bond acceptors (Lipinski definition) is 4. The van der Waals surface area contributed by atoms with Gasteiger partial charge in [0.15, 0.2) is 0 Å². The van der Waals surface area contributed by atoms with Crippen molar-refractivity contribution in [1.82, 2.24) is 14.9 Å². The third-order valence-corrected chi connectivity index (χ3v) is 2.69. The van der Waals surface area contributed by atoms with Gasteiger partial charge in [-0.3, -0.25) is 19.6 Å². The molecule has 2 aromatic rings. The van der Waals surface area contributed by atoms with Crippen molar-refractivity contribution in [1.29, 1.82) is 0 Å². The van der Waals surface area contributed by atoms with Gasteiger partial charge in [-0.15, -0.1) is 6.58 Å². The van der Waals surface area contributed by atoms with E-state index in [1.807, 2.05) is 0 Å². The van der Waals surface area contributed by atoms with Gasteiger partial charge in [0, 0.05) is 18.9 Å². The van der Waals surface area contributed by atoms with Crippen molar-refractivity contribution >= 4 is 22.9 Å². The number of para-hydroxylation sites is 1. The molecular weight excluding hydrogens is 258 g/mol. The lowest BCUT2D eigenvalue weighted by Gasteiger charge is -2.19. The van der Waals surface area contributed by atoms with E-state index in [2.05, 4.69) is 16.5 Å². The SMILES string of the molecule is C=CCN(CC(=O)O)C(=O)c1cccc2nccnc12. The highest BCUT2D eigenvalue weighted by Gasteiger charge is 2.20. The lowest BCUT2D eigenvalue weighted by Crippen LogP contribution is -2.35. The maximum absolute atomic E-state index is 12.4. The van der Waals surface area contributed by atoms with Crippen LogP contribution in [-0.2, 0) is 4.79 Å². The average Bonchev–Trinajstić information content (AvgIpc) is 2.45. The van der Waals surface area contributed by atoms with Crippen LogP contribution in [0.5, 0.6) is 0 Å². The highest BCUT2D eigenvalue weighted by molar-refractivity contribution is 6.05. The summed E-state index contributed by atoms with van der Waals surface area (Å²) in [6, 6.07) is 5.04. The Hall–Kier alpha value is -2.76. The molecule has 0 aliphatic heterocycles. The molecule has 1 aromatic heterocycles. The van der Waals surface area contributed by atoms with Gasteiger partial charge < -0.3 is 10.0 Å². The predicted molar refractivity (Wildman–Crippen MR) is 73.3 cm³/mol. The smallest absolute Gasteiger partial charge is 0.323 e. The molecule has 0 spiro atoms. The van der Waals surface area contributed by atoms with Crippen molar-refractivity contribution in [3.63, 3.8) is 0 Å². The van der Waals surface area contributed by atoms with Gasteiger partial charge in [-0.1, -0.05) is 12.1 Å². The Kier molecular flexibility index (Phi) is 4.05. The first-order valence-electron chi connectivity index (χ1n) is 5.95. The van der Waals surface area contributed by atoms with Crippen LogP contribution in [0.1, 0.15) is 10.4 Å². The molecule has 1 N–H and O–H groups in total. The summed E-state index contributed by atoms with van der Waals surface area (Å²) in [5.74, 6) is -1.48. The molecule has 0 aliphatic rings. The number of carbonyl (C=O) groups excluding carboxylic acids is 1. The first-order chi connectivity index (χ1) is 9.63. The Balaban J connectivity index is 2.43. The lowest BCUT2D eigenvalue weighted by molar-refractivity contribution is -0.137. The van der Waals surface area contributed by atoms with E-state index in [9.17, 15) is 9.59 Å². The number of aliphatic carboxylic acids is 1. The molecule has 0 aliphatic carbocycles. The van der Waals surface area contributed by atoms with Crippen LogP contribution in [0.4, 0.5) is 0 Å². The number of carbonyl (C=O) groups is 2. The molecule has 0 unspecified atom stereocenters. The fourth-order valence-corrected chi connectivity index (χ4v) is 1.87. The molecule has 0 radical (unpaired) electrons. The average molecular weight is 271 g/mol. The van der Waals surface area contributed by atoms with Crippen LogP contribution < -0.4 is 0 Å². The fraction of sp³-hybridized carbons (Fsp3) is 0.143. The Morgan fingerprint density at radius 1 is 1.30 bits per heavy atom. The first-order valence-corrected chi connectivity index (χ1v) is 5.95. The number of rotatable bonds is 5. The van der Waals surface area contributed by atoms with E-state index in [0.717, 1.165) is 0 Å². The fourth-order valence-electron chi connectivity index (χ4n) is 1.87. The van der Waals surface area contributed by atoms with Crippen LogP contribution >= 0.6 is 0 Å². The van der Waals surface area contributed by atoms with E-state index in [1.165, 1.54) is 23.4 Å². The Morgan fingerprint density at radius 2 is 2.05 bits per heavy atom. The van der Waals surface area contributed by atoms with Crippen molar-refractivity contribution in [2.45, 2.75) is 0 Å². The maximum Gasteiger partial charge on any atom is 0.323 e. The van der Waals surface area contributed by atoms with Crippen molar-refractivity contribution < 1.29 is 14.7 Å². The molecule has 1 heterocycles. The topological polar surface area (TPSA) is 83.4 Å². The van der Waals surface area contributed by atoms with Crippen molar-refractivity contribution in [3.8, 4) is 0 Å².